The van der Waals surface area contributed by atoms with Crippen LogP contribution in [-0.2, 0) is 0 Å². The summed E-state index contributed by atoms with van der Waals surface area (Å²) in [6, 6.07) is 0. The molecule has 3 unspecified atom stereocenters. The molecule has 0 aromatic heterocycles. The second-order valence-corrected chi connectivity index (χ2v) is 6.23. The number of fused-ring (bicyclic) bond motifs is 1. The molecule has 2 rings (SSSR count). The zero-order chi connectivity index (χ0) is 12.6. The third kappa shape index (κ3) is 2.15. The van der Waals surface area contributed by atoms with E-state index < -0.39 is 0 Å². The lowest BCUT2D eigenvalue weighted by molar-refractivity contribution is 0.0348. The van der Waals surface area contributed by atoms with Gasteiger partial charge >= 0.3 is 0 Å². The van der Waals surface area contributed by atoms with Crippen LogP contribution < -0.4 is 0 Å². The van der Waals surface area contributed by atoms with Crippen molar-refractivity contribution in [2.24, 2.45) is 17.8 Å². The predicted octanol–water partition coefficient (Wildman–Crippen LogP) is 2.81. The summed E-state index contributed by atoms with van der Waals surface area (Å²) in [5, 5.41) is 9.29. The van der Waals surface area contributed by atoms with E-state index in [0.717, 1.165) is 6.54 Å². The molecule has 1 heterocycles. The monoisotopic (exact) mass is 235 g/mol. The Morgan fingerprint density at radius 3 is 2.76 bits per heavy atom. The molecule has 0 spiro atoms. The summed E-state index contributed by atoms with van der Waals surface area (Å²) >= 11 is 0. The highest BCUT2D eigenvalue weighted by atomic mass is 16.3. The van der Waals surface area contributed by atoms with E-state index in [4.69, 9.17) is 0 Å². The minimum atomic E-state index is 0.162. The second kappa shape index (κ2) is 4.49. The van der Waals surface area contributed by atoms with E-state index in [9.17, 15) is 5.11 Å². The average molecular weight is 235 g/mol. The van der Waals surface area contributed by atoms with Crippen LogP contribution in [0.1, 0.15) is 34.1 Å². The van der Waals surface area contributed by atoms with Crippen LogP contribution in [0.3, 0.4) is 0 Å². The van der Waals surface area contributed by atoms with Crippen molar-refractivity contribution in [1.29, 1.82) is 0 Å². The predicted molar refractivity (Wildman–Crippen MR) is 71.5 cm³/mol. The quantitative estimate of drug-likeness (QED) is 0.795. The molecule has 0 radical (unpaired) electrons. The van der Waals surface area contributed by atoms with Crippen LogP contribution in [0, 0.1) is 17.8 Å². The third-order valence-electron chi connectivity index (χ3n) is 4.39. The Kier molecular flexibility index (Phi) is 3.35. The molecule has 0 bridgehead atoms. The standard InChI is InChI=1S/C15H25NO/c1-11-6-5-7-13-14(11)12(2)10-15(3,4)16(13)8-9-17/h5-7,11-12,14,17H,8-10H2,1-4H3. The van der Waals surface area contributed by atoms with Gasteiger partial charge in [0.05, 0.1) is 6.61 Å². The molecule has 1 fully saturated rings. The number of hydrogen-bond acceptors (Lipinski definition) is 2. The van der Waals surface area contributed by atoms with E-state index in [1.165, 1.54) is 12.1 Å². The van der Waals surface area contributed by atoms with Gasteiger partial charge in [-0.2, -0.15) is 0 Å². The molecule has 2 aliphatic rings. The van der Waals surface area contributed by atoms with E-state index in [2.05, 4.69) is 50.8 Å². The highest BCUT2D eigenvalue weighted by Crippen LogP contribution is 2.45. The Morgan fingerprint density at radius 2 is 2.12 bits per heavy atom. The molecule has 2 nitrogen and oxygen atoms in total. The first-order valence-corrected chi connectivity index (χ1v) is 6.74. The smallest absolute Gasteiger partial charge is 0.0606 e. The Balaban J connectivity index is 2.35. The average Bonchev–Trinajstić information content (AvgIpc) is 2.23. The molecular weight excluding hydrogens is 210 g/mol. The van der Waals surface area contributed by atoms with Crippen molar-refractivity contribution >= 4 is 0 Å². The number of hydrogen-bond donors (Lipinski definition) is 1. The van der Waals surface area contributed by atoms with E-state index in [0.29, 0.717) is 17.8 Å². The van der Waals surface area contributed by atoms with Crippen LogP contribution in [0.15, 0.2) is 23.9 Å². The molecule has 0 aromatic rings. The van der Waals surface area contributed by atoms with Crippen molar-refractivity contribution < 1.29 is 5.11 Å². The van der Waals surface area contributed by atoms with Crippen LogP contribution in [0.5, 0.6) is 0 Å². The summed E-state index contributed by atoms with van der Waals surface area (Å²) in [7, 11) is 0. The Morgan fingerprint density at radius 1 is 1.41 bits per heavy atom. The van der Waals surface area contributed by atoms with Gasteiger partial charge in [-0.15, -0.1) is 0 Å². The summed E-state index contributed by atoms with van der Waals surface area (Å²) in [6.07, 6.45) is 7.93. The van der Waals surface area contributed by atoms with Gasteiger partial charge in [-0.25, -0.2) is 0 Å². The first-order chi connectivity index (χ1) is 7.97. The first-order valence-electron chi connectivity index (χ1n) is 6.74. The van der Waals surface area contributed by atoms with Gasteiger partial charge < -0.3 is 10.0 Å². The Hall–Kier alpha value is -0.760. The number of rotatable bonds is 2. The molecule has 3 atom stereocenters. The minimum absolute atomic E-state index is 0.162. The lowest BCUT2D eigenvalue weighted by Gasteiger charge is -2.53. The number of β-amino-alcohol motifs (C(OH)–C–C–N with tert-alkyl or cyclic N) is 1. The van der Waals surface area contributed by atoms with Gasteiger partial charge in [-0.3, -0.25) is 0 Å². The van der Waals surface area contributed by atoms with Crippen molar-refractivity contribution in [3.05, 3.63) is 23.9 Å². The lowest BCUT2D eigenvalue weighted by atomic mass is 9.69. The van der Waals surface area contributed by atoms with E-state index in [1.807, 2.05) is 0 Å². The fourth-order valence-corrected chi connectivity index (χ4v) is 3.82. The number of aliphatic hydroxyl groups is 1. The van der Waals surface area contributed by atoms with E-state index >= 15 is 0 Å². The van der Waals surface area contributed by atoms with Gasteiger partial charge in [-0.05, 0) is 38.2 Å². The lowest BCUT2D eigenvalue weighted by Crippen LogP contribution is -2.53. The minimum Gasteiger partial charge on any atom is -0.395 e. The number of nitrogens with zero attached hydrogens (tertiary/aromatic N) is 1. The molecule has 1 aliphatic heterocycles. The molecule has 0 aromatic carbocycles. The second-order valence-electron chi connectivity index (χ2n) is 6.23. The molecule has 1 N–H and O–H groups in total. The number of allylic oxidation sites excluding steroid dienone is 4. The van der Waals surface area contributed by atoms with Gasteiger partial charge in [0, 0.05) is 23.7 Å². The summed E-state index contributed by atoms with van der Waals surface area (Å²) in [6.45, 7) is 10.2. The zero-order valence-electron chi connectivity index (χ0n) is 11.5. The van der Waals surface area contributed by atoms with Crippen LogP contribution in [-0.4, -0.2) is 28.7 Å². The van der Waals surface area contributed by atoms with Crippen LogP contribution in [0.2, 0.25) is 0 Å². The third-order valence-corrected chi connectivity index (χ3v) is 4.39. The fraction of sp³-hybridized carbons (Fsp3) is 0.733. The van der Waals surface area contributed by atoms with Crippen LogP contribution in [0.25, 0.3) is 0 Å². The van der Waals surface area contributed by atoms with Crippen LogP contribution in [0.4, 0.5) is 0 Å². The number of likely N-dealkylation sites (tertiary alicyclic amines) is 1. The van der Waals surface area contributed by atoms with Crippen molar-refractivity contribution in [2.75, 3.05) is 13.2 Å². The topological polar surface area (TPSA) is 23.5 Å². The maximum absolute atomic E-state index is 9.29. The Labute approximate surface area is 105 Å². The van der Waals surface area contributed by atoms with Crippen molar-refractivity contribution in [3.63, 3.8) is 0 Å². The van der Waals surface area contributed by atoms with Gasteiger partial charge in [0.2, 0.25) is 0 Å². The van der Waals surface area contributed by atoms with Gasteiger partial charge in [0.1, 0.15) is 0 Å². The molecule has 17 heavy (non-hydrogen) atoms. The molecule has 2 heteroatoms. The number of piperidine rings is 1. The first kappa shape index (κ1) is 12.7. The van der Waals surface area contributed by atoms with Crippen molar-refractivity contribution in [1.82, 2.24) is 4.90 Å². The fourth-order valence-electron chi connectivity index (χ4n) is 3.82. The van der Waals surface area contributed by atoms with Gasteiger partial charge in [-0.1, -0.05) is 26.0 Å². The molecule has 96 valence electrons. The molecule has 0 amide bonds. The highest BCUT2D eigenvalue weighted by molar-refractivity contribution is 5.26. The summed E-state index contributed by atoms with van der Waals surface area (Å²) < 4.78 is 0. The maximum Gasteiger partial charge on any atom is 0.0606 e. The summed E-state index contributed by atoms with van der Waals surface area (Å²) in [4.78, 5) is 2.41. The zero-order valence-corrected chi connectivity index (χ0v) is 11.5. The molecule has 0 saturated carbocycles. The van der Waals surface area contributed by atoms with Gasteiger partial charge in [0.15, 0.2) is 0 Å². The van der Waals surface area contributed by atoms with Gasteiger partial charge in [0.25, 0.3) is 0 Å². The summed E-state index contributed by atoms with van der Waals surface area (Å²) in [5.41, 5.74) is 1.59. The summed E-state index contributed by atoms with van der Waals surface area (Å²) in [5.74, 6) is 1.95. The normalized spacial score (nSPS) is 35.5. The van der Waals surface area contributed by atoms with Crippen molar-refractivity contribution in [3.8, 4) is 0 Å². The molecule has 1 saturated heterocycles. The maximum atomic E-state index is 9.29. The largest absolute Gasteiger partial charge is 0.395 e. The van der Waals surface area contributed by atoms with Crippen LogP contribution >= 0.6 is 0 Å². The Bertz CT molecular complexity index is 343. The van der Waals surface area contributed by atoms with E-state index in [1.54, 1.807) is 0 Å². The van der Waals surface area contributed by atoms with Crippen molar-refractivity contribution in [2.45, 2.75) is 39.7 Å². The molecular formula is C15H25NO. The SMILES string of the molecule is CC1C=CC=C2C1C(C)CC(C)(C)N2CCO. The number of aliphatic hydroxyl groups excluding tert-OH is 1. The molecule has 1 aliphatic carbocycles. The van der Waals surface area contributed by atoms with E-state index in [-0.39, 0.29) is 12.1 Å². The highest BCUT2D eigenvalue weighted by Gasteiger charge is 2.42.